The van der Waals surface area contributed by atoms with Crippen molar-refractivity contribution in [2.45, 2.75) is 123 Å². The van der Waals surface area contributed by atoms with Crippen LogP contribution in [0.15, 0.2) is 18.5 Å². The lowest BCUT2D eigenvalue weighted by Gasteiger charge is -2.22. The average Bonchev–Trinajstić information content (AvgIpc) is 2.76. The van der Waals surface area contributed by atoms with Crippen molar-refractivity contribution in [1.29, 1.82) is 0 Å². The van der Waals surface area contributed by atoms with Gasteiger partial charge in [-0.1, -0.05) is 90.9 Å². The maximum atomic E-state index is 12.2. The van der Waals surface area contributed by atoms with Crippen molar-refractivity contribution in [3.05, 3.63) is 29.6 Å². The van der Waals surface area contributed by atoms with Crippen LogP contribution >= 0.6 is 0 Å². The summed E-state index contributed by atoms with van der Waals surface area (Å²) in [7, 11) is 0. The Labute approximate surface area is 189 Å². The SMILES string of the molecule is CCCCCCCCCCCCCCCC(=O)OC(C)C(C)c1ccncc1C(=O)O. The zero-order valence-corrected chi connectivity index (χ0v) is 19.9. The topological polar surface area (TPSA) is 76.5 Å². The first-order chi connectivity index (χ1) is 15.0. The van der Waals surface area contributed by atoms with E-state index < -0.39 is 5.97 Å². The van der Waals surface area contributed by atoms with Crippen molar-refractivity contribution in [2.75, 3.05) is 0 Å². The number of carboxylic acids is 1. The summed E-state index contributed by atoms with van der Waals surface area (Å²) < 4.78 is 5.56. The second-order valence-corrected chi connectivity index (χ2v) is 8.74. The molecule has 0 spiro atoms. The average molecular weight is 434 g/mol. The Morgan fingerprint density at radius 2 is 1.42 bits per heavy atom. The Kier molecular flexibility index (Phi) is 14.6. The molecule has 1 rings (SSSR count). The highest BCUT2D eigenvalue weighted by Gasteiger charge is 2.23. The van der Waals surface area contributed by atoms with Crippen LogP contribution in [0, 0.1) is 0 Å². The first kappa shape index (κ1) is 27.1. The van der Waals surface area contributed by atoms with Gasteiger partial charge in [-0.3, -0.25) is 9.78 Å². The quantitative estimate of drug-likeness (QED) is 0.194. The molecule has 0 saturated heterocycles. The number of esters is 1. The fourth-order valence-electron chi connectivity index (χ4n) is 3.89. The summed E-state index contributed by atoms with van der Waals surface area (Å²) in [6.45, 7) is 5.95. The van der Waals surface area contributed by atoms with Crippen molar-refractivity contribution in [1.82, 2.24) is 4.98 Å². The molecule has 2 atom stereocenters. The number of ether oxygens (including phenoxy) is 1. The van der Waals surface area contributed by atoms with E-state index in [2.05, 4.69) is 11.9 Å². The molecule has 0 aliphatic rings. The van der Waals surface area contributed by atoms with Gasteiger partial charge in [0.25, 0.3) is 0 Å². The molecular weight excluding hydrogens is 390 g/mol. The Morgan fingerprint density at radius 3 is 1.94 bits per heavy atom. The van der Waals surface area contributed by atoms with E-state index in [1.807, 2.05) is 13.8 Å². The minimum absolute atomic E-state index is 0.161. The molecule has 1 heterocycles. The highest BCUT2D eigenvalue weighted by atomic mass is 16.5. The number of hydrogen-bond acceptors (Lipinski definition) is 4. The van der Waals surface area contributed by atoms with E-state index >= 15 is 0 Å². The van der Waals surface area contributed by atoms with E-state index in [0.29, 0.717) is 12.0 Å². The summed E-state index contributed by atoms with van der Waals surface area (Å²) in [5, 5.41) is 9.32. The Balaban J connectivity index is 2.10. The number of carboxylic acid groups (broad SMARTS) is 1. The van der Waals surface area contributed by atoms with Crippen LogP contribution in [-0.4, -0.2) is 28.1 Å². The normalized spacial score (nSPS) is 13.0. The van der Waals surface area contributed by atoms with Crippen LogP contribution in [0.2, 0.25) is 0 Å². The molecule has 0 saturated carbocycles. The van der Waals surface area contributed by atoms with E-state index in [4.69, 9.17) is 4.74 Å². The summed E-state index contributed by atoms with van der Waals surface area (Å²) in [6, 6.07) is 1.69. The molecule has 176 valence electrons. The van der Waals surface area contributed by atoms with Crippen LogP contribution in [0.1, 0.15) is 133 Å². The molecule has 0 aliphatic heterocycles. The van der Waals surface area contributed by atoms with Gasteiger partial charge in [-0.2, -0.15) is 0 Å². The summed E-state index contributed by atoms with van der Waals surface area (Å²) in [5.74, 6) is -1.42. The van der Waals surface area contributed by atoms with Crippen molar-refractivity contribution in [3.63, 3.8) is 0 Å². The van der Waals surface area contributed by atoms with Crippen LogP contribution in [0.25, 0.3) is 0 Å². The molecule has 2 unspecified atom stereocenters. The summed E-state index contributed by atoms with van der Waals surface area (Å²) >= 11 is 0. The summed E-state index contributed by atoms with van der Waals surface area (Å²) in [5.41, 5.74) is 0.804. The molecule has 5 nitrogen and oxygen atoms in total. The van der Waals surface area contributed by atoms with Crippen LogP contribution in [0.4, 0.5) is 0 Å². The molecule has 0 amide bonds. The molecular formula is C26H43NO4. The number of carbonyl (C=O) groups is 2. The largest absolute Gasteiger partial charge is 0.478 e. The van der Waals surface area contributed by atoms with E-state index in [9.17, 15) is 14.7 Å². The molecule has 1 aromatic heterocycles. The van der Waals surface area contributed by atoms with E-state index in [-0.39, 0.29) is 23.6 Å². The van der Waals surface area contributed by atoms with Crippen LogP contribution in [0.3, 0.4) is 0 Å². The van der Waals surface area contributed by atoms with E-state index in [1.54, 1.807) is 12.3 Å². The van der Waals surface area contributed by atoms with Gasteiger partial charge in [0.05, 0.1) is 5.56 Å². The van der Waals surface area contributed by atoms with Gasteiger partial charge in [-0.15, -0.1) is 0 Å². The summed E-state index contributed by atoms with van der Waals surface area (Å²) in [6.07, 6.45) is 19.5. The maximum Gasteiger partial charge on any atom is 0.337 e. The molecule has 0 radical (unpaired) electrons. The van der Waals surface area contributed by atoms with Gasteiger partial charge < -0.3 is 9.84 Å². The number of rotatable bonds is 18. The van der Waals surface area contributed by atoms with Crippen LogP contribution < -0.4 is 0 Å². The lowest BCUT2D eigenvalue weighted by molar-refractivity contribution is -0.149. The number of carbonyl (C=O) groups excluding carboxylic acids is 1. The maximum absolute atomic E-state index is 12.2. The Hall–Kier alpha value is -1.91. The van der Waals surface area contributed by atoms with Gasteiger partial charge in [0.1, 0.15) is 6.10 Å². The number of pyridine rings is 1. The molecule has 5 heteroatoms. The van der Waals surface area contributed by atoms with Crippen molar-refractivity contribution >= 4 is 11.9 Å². The standard InChI is InChI=1S/C26H43NO4/c1-4-5-6-7-8-9-10-11-12-13-14-15-16-17-25(28)31-22(3)21(2)23-18-19-27-20-24(23)26(29)30/h18-22H,4-17H2,1-3H3,(H,29,30). The summed E-state index contributed by atoms with van der Waals surface area (Å²) in [4.78, 5) is 27.4. The van der Waals surface area contributed by atoms with Crippen LogP contribution in [0.5, 0.6) is 0 Å². The predicted molar refractivity (Wildman–Crippen MR) is 125 cm³/mol. The second-order valence-electron chi connectivity index (χ2n) is 8.74. The highest BCUT2D eigenvalue weighted by molar-refractivity contribution is 5.89. The molecule has 1 aromatic rings. The number of hydrogen-bond donors (Lipinski definition) is 1. The highest BCUT2D eigenvalue weighted by Crippen LogP contribution is 2.25. The minimum Gasteiger partial charge on any atom is -0.478 e. The Morgan fingerprint density at radius 1 is 0.903 bits per heavy atom. The third-order valence-electron chi connectivity index (χ3n) is 6.08. The van der Waals surface area contributed by atoms with Gasteiger partial charge in [0.15, 0.2) is 0 Å². The molecule has 31 heavy (non-hydrogen) atoms. The van der Waals surface area contributed by atoms with Gasteiger partial charge >= 0.3 is 11.9 Å². The number of unbranched alkanes of at least 4 members (excludes halogenated alkanes) is 12. The zero-order chi connectivity index (χ0) is 22.9. The second kappa shape index (κ2) is 16.7. The smallest absolute Gasteiger partial charge is 0.337 e. The van der Waals surface area contributed by atoms with Crippen molar-refractivity contribution in [3.8, 4) is 0 Å². The minimum atomic E-state index is -1.01. The fraction of sp³-hybridized carbons (Fsp3) is 0.731. The van der Waals surface area contributed by atoms with E-state index in [1.165, 1.54) is 76.8 Å². The Bertz CT molecular complexity index is 632. The molecule has 0 aromatic carbocycles. The third kappa shape index (κ3) is 11.9. The number of nitrogens with zero attached hydrogens (tertiary/aromatic N) is 1. The van der Waals surface area contributed by atoms with Gasteiger partial charge in [0, 0.05) is 24.7 Å². The molecule has 0 fully saturated rings. The molecule has 1 N–H and O–H groups in total. The van der Waals surface area contributed by atoms with Gasteiger partial charge in [0.2, 0.25) is 0 Å². The van der Waals surface area contributed by atoms with E-state index in [0.717, 1.165) is 12.8 Å². The van der Waals surface area contributed by atoms with Crippen molar-refractivity contribution in [2.24, 2.45) is 0 Å². The first-order valence-corrected chi connectivity index (χ1v) is 12.3. The number of aromatic carboxylic acids is 1. The lowest BCUT2D eigenvalue weighted by Crippen LogP contribution is -2.22. The van der Waals surface area contributed by atoms with Crippen LogP contribution in [-0.2, 0) is 9.53 Å². The number of aromatic nitrogens is 1. The predicted octanol–water partition coefficient (Wildman–Crippen LogP) is 7.30. The van der Waals surface area contributed by atoms with Crippen molar-refractivity contribution < 1.29 is 19.4 Å². The molecule has 0 aliphatic carbocycles. The monoisotopic (exact) mass is 433 g/mol. The van der Waals surface area contributed by atoms with Gasteiger partial charge in [-0.05, 0) is 25.0 Å². The zero-order valence-electron chi connectivity index (χ0n) is 19.9. The first-order valence-electron chi connectivity index (χ1n) is 12.3. The van der Waals surface area contributed by atoms with Gasteiger partial charge in [-0.25, -0.2) is 4.79 Å². The fourth-order valence-corrected chi connectivity index (χ4v) is 3.89. The molecule has 0 bridgehead atoms. The third-order valence-corrected chi connectivity index (χ3v) is 6.08. The lowest BCUT2D eigenvalue weighted by atomic mass is 9.93.